The monoisotopic (exact) mass is 383 g/mol. The van der Waals surface area contributed by atoms with Crippen LogP contribution in [-0.4, -0.2) is 64.8 Å². The van der Waals surface area contributed by atoms with Crippen molar-refractivity contribution in [1.82, 2.24) is 10.2 Å². The molecule has 1 aliphatic heterocycles. The molecule has 0 aliphatic carbocycles. The maximum Gasteiger partial charge on any atom is 0.244 e. The number of hydrogen-bond donors (Lipinski definition) is 1. The van der Waals surface area contributed by atoms with Crippen LogP contribution in [-0.2, 0) is 14.8 Å². The van der Waals surface area contributed by atoms with Gasteiger partial charge in [-0.1, -0.05) is 13.0 Å². The number of likely N-dealkylation sites (tertiary alicyclic amines) is 1. The summed E-state index contributed by atoms with van der Waals surface area (Å²) in [5.74, 6) is 0.289. The Bertz CT molecular complexity index is 715. The standard InChI is InChI=1S/C18H29N3O4S/c1-5-17(18(22)19-14-9-11-20(2)12-10-14)21(26(4,23)24)15-7-6-8-16(13-15)25-3/h6-8,13-14,17H,5,9-12H2,1-4H3,(H,19,22). The van der Waals surface area contributed by atoms with Gasteiger partial charge in [0.2, 0.25) is 15.9 Å². The first-order chi connectivity index (χ1) is 12.3. The number of carbonyl (C=O) groups is 1. The Morgan fingerprint density at radius 1 is 1.38 bits per heavy atom. The predicted molar refractivity (Wildman–Crippen MR) is 103 cm³/mol. The average Bonchev–Trinajstić information content (AvgIpc) is 2.60. The topological polar surface area (TPSA) is 79.0 Å². The SMILES string of the molecule is CCC(C(=O)NC1CCN(C)CC1)N(c1cccc(OC)c1)S(C)(=O)=O. The van der Waals surface area contributed by atoms with Gasteiger partial charge in [0.15, 0.2) is 0 Å². The van der Waals surface area contributed by atoms with Crippen molar-refractivity contribution >= 4 is 21.6 Å². The van der Waals surface area contributed by atoms with Gasteiger partial charge in [-0.05, 0) is 51.5 Å². The minimum absolute atomic E-state index is 0.0828. The Morgan fingerprint density at radius 3 is 2.58 bits per heavy atom. The fraction of sp³-hybridized carbons (Fsp3) is 0.611. The third kappa shape index (κ3) is 5.11. The summed E-state index contributed by atoms with van der Waals surface area (Å²) in [5.41, 5.74) is 0.428. The van der Waals surface area contributed by atoms with E-state index in [4.69, 9.17) is 4.74 Å². The number of hydrogen-bond acceptors (Lipinski definition) is 5. The summed E-state index contributed by atoms with van der Waals surface area (Å²) in [7, 11) is -0.0617. The molecule has 1 saturated heterocycles. The zero-order chi connectivity index (χ0) is 19.3. The minimum Gasteiger partial charge on any atom is -0.497 e. The molecule has 1 aliphatic rings. The number of rotatable bonds is 7. The fourth-order valence-electron chi connectivity index (χ4n) is 3.26. The average molecular weight is 384 g/mol. The summed E-state index contributed by atoms with van der Waals surface area (Å²) in [6, 6.07) is 6.05. The Labute approximate surface area is 156 Å². The van der Waals surface area contributed by atoms with Crippen LogP contribution in [0.5, 0.6) is 5.75 Å². The van der Waals surface area contributed by atoms with E-state index in [1.165, 1.54) is 11.4 Å². The lowest BCUT2D eigenvalue weighted by molar-refractivity contribution is -0.123. The van der Waals surface area contributed by atoms with Crippen LogP contribution in [0.4, 0.5) is 5.69 Å². The molecule has 146 valence electrons. The van der Waals surface area contributed by atoms with Gasteiger partial charge in [-0.15, -0.1) is 0 Å². The highest BCUT2D eigenvalue weighted by Gasteiger charge is 2.33. The van der Waals surface area contributed by atoms with E-state index in [-0.39, 0.29) is 11.9 Å². The normalized spacial score (nSPS) is 17.5. The van der Waals surface area contributed by atoms with Gasteiger partial charge >= 0.3 is 0 Å². The summed E-state index contributed by atoms with van der Waals surface area (Å²) in [4.78, 5) is 15.1. The van der Waals surface area contributed by atoms with Crippen molar-refractivity contribution in [3.63, 3.8) is 0 Å². The van der Waals surface area contributed by atoms with E-state index < -0.39 is 16.1 Å². The van der Waals surface area contributed by atoms with Crippen molar-refractivity contribution in [2.24, 2.45) is 0 Å². The number of carbonyl (C=O) groups excluding carboxylic acids is 1. The van der Waals surface area contributed by atoms with Crippen molar-refractivity contribution in [1.29, 1.82) is 0 Å². The van der Waals surface area contributed by atoms with Crippen molar-refractivity contribution in [3.8, 4) is 5.75 Å². The number of amides is 1. The summed E-state index contributed by atoms with van der Waals surface area (Å²) in [6.45, 7) is 3.66. The van der Waals surface area contributed by atoms with Crippen LogP contribution in [0.25, 0.3) is 0 Å². The Hall–Kier alpha value is -1.80. The van der Waals surface area contributed by atoms with Crippen LogP contribution in [0, 0.1) is 0 Å². The molecule has 1 fully saturated rings. The molecular weight excluding hydrogens is 354 g/mol. The van der Waals surface area contributed by atoms with Gasteiger partial charge < -0.3 is 15.0 Å². The van der Waals surface area contributed by atoms with Gasteiger partial charge in [0.05, 0.1) is 19.1 Å². The highest BCUT2D eigenvalue weighted by molar-refractivity contribution is 7.92. The molecule has 1 atom stereocenters. The van der Waals surface area contributed by atoms with Crippen LogP contribution < -0.4 is 14.4 Å². The highest BCUT2D eigenvalue weighted by Crippen LogP contribution is 2.26. The summed E-state index contributed by atoms with van der Waals surface area (Å²) >= 11 is 0. The molecule has 0 bridgehead atoms. The van der Waals surface area contributed by atoms with Gasteiger partial charge in [0.25, 0.3) is 0 Å². The molecule has 1 unspecified atom stereocenters. The van der Waals surface area contributed by atoms with E-state index in [9.17, 15) is 13.2 Å². The van der Waals surface area contributed by atoms with E-state index in [2.05, 4.69) is 17.3 Å². The zero-order valence-corrected chi connectivity index (χ0v) is 16.8. The van der Waals surface area contributed by atoms with Gasteiger partial charge in [-0.2, -0.15) is 0 Å². The molecule has 0 aromatic heterocycles. The zero-order valence-electron chi connectivity index (χ0n) is 15.9. The van der Waals surface area contributed by atoms with Crippen LogP contribution >= 0.6 is 0 Å². The number of sulfonamides is 1. The first kappa shape index (κ1) is 20.5. The molecule has 0 saturated carbocycles. The maximum atomic E-state index is 12.9. The molecule has 1 amide bonds. The molecule has 8 heteroatoms. The minimum atomic E-state index is -3.64. The second-order valence-corrected chi connectivity index (χ2v) is 8.63. The van der Waals surface area contributed by atoms with E-state index in [0.717, 1.165) is 32.2 Å². The second-order valence-electron chi connectivity index (χ2n) is 6.77. The Kier molecular flexibility index (Phi) is 6.88. The highest BCUT2D eigenvalue weighted by atomic mass is 32.2. The third-order valence-electron chi connectivity index (χ3n) is 4.70. The number of anilines is 1. The molecule has 0 radical (unpaired) electrons. The smallest absolute Gasteiger partial charge is 0.244 e. The number of nitrogens with zero attached hydrogens (tertiary/aromatic N) is 2. The Balaban J connectivity index is 2.25. The predicted octanol–water partition coefficient (Wildman–Crippen LogP) is 1.45. The van der Waals surface area contributed by atoms with Crippen LogP contribution in [0.2, 0.25) is 0 Å². The van der Waals surface area contributed by atoms with Crippen molar-refractivity contribution in [3.05, 3.63) is 24.3 Å². The fourth-order valence-corrected chi connectivity index (χ4v) is 4.46. The molecular formula is C18H29N3O4S. The van der Waals surface area contributed by atoms with Crippen LogP contribution in [0.15, 0.2) is 24.3 Å². The van der Waals surface area contributed by atoms with E-state index >= 15 is 0 Å². The van der Waals surface area contributed by atoms with Gasteiger partial charge in [0.1, 0.15) is 11.8 Å². The number of ether oxygens (including phenoxy) is 1. The first-order valence-electron chi connectivity index (χ1n) is 8.88. The van der Waals surface area contributed by atoms with Gasteiger partial charge in [0, 0.05) is 12.1 Å². The van der Waals surface area contributed by atoms with E-state index in [1.807, 2.05) is 6.92 Å². The van der Waals surface area contributed by atoms with E-state index in [1.54, 1.807) is 24.3 Å². The molecule has 1 aromatic rings. The lowest BCUT2D eigenvalue weighted by Gasteiger charge is -2.34. The van der Waals surface area contributed by atoms with Crippen molar-refractivity contribution in [2.75, 3.05) is 37.8 Å². The second kappa shape index (κ2) is 8.73. The largest absolute Gasteiger partial charge is 0.497 e. The molecule has 1 aromatic carbocycles. The van der Waals surface area contributed by atoms with Crippen LogP contribution in [0.3, 0.4) is 0 Å². The number of nitrogens with one attached hydrogen (secondary N) is 1. The molecule has 0 spiro atoms. The number of benzene rings is 1. The van der Waals surface area contributed by atoms with Crippen molar-refractivity contribution in [2.45, 2.75) is 38.3 Å². The molecule has 1 N–H and O–H groups in total. The van der Waals surface area contributed by atoms with Gasteiger partial charge in [-0.25, -0.2) is 8.42 Å². The van der Waals surface area contributed by atoms with Gasteiger partial charge in [-0.3, -0.25) is 9.10 Å². The molecule has 1 heterocycles. The summed E-state index contributed by atoms with van der Waals surface area (Å²) < 4.78 is 31.3. The summed E-state index contributed by atoms with van der Waals surface area (Å²) in [6.07, 6.45) is 3.24. The quantitative estimate of drug-likeness (QED) is 0.771. The third-order valence-corrected chi connectivity index (χ3v) is 5.88. The van der Waals surface area contributed by atoms with E-state index in [0.29, 0.717) is 17.9 Å². The molecule has 26 heavy (non-hydrogen) atoms. The maximum absolute atomic E-state index is 12.9. The molecule has 2 rings (SSSR count). The van der Waals surface area contributed by atoms with Crippen LogP contribution in [0.1, 0.15) is 26.2 Å². The lowest BCUT2D eigenvalue weighted by Crippen LogP contribution is -2.53. The number of piperidine rings is 1. The molecule has 7 nitrogen and oxygen atoms in total. The lowest BCUT2D eigenvalue weighted by atomic mass is 10.0. The first-order valence-corrected chi connectivity index (χ1v) is 10.7. The number of methoxy groups -OCH3 is 1. The Morgan fingerprint density at radius 2 is 2.04 bits per heavy atom. The van der Waals surface area contributed by atoms with Crippen molar-refractivity contribution < 1.29 is 17.9 Å². The summed E-state index contributed by atoms with van der Waals surface area (Å²) in [5, 5.41) is 3.04.